The van der Waals surface area contributed by atoms with E-state index in [2.05, 4.69) is 6.92 Å². The van der Waals surface area contributed by atoms with Gasteiger partial charge >= 0.3 is 5.97 Å². The number of rotatable bonds is 7. The maximum atomic E-state index is 11.6. The molecule has 4 heteroatoms. The van der Waals surface area contributed by atoms with Crippen LogP contribution in [0.1, 0.15) is 31.7 Å². The Hall–Kier alpha value is -1.55. The average Bonchev–Trinajstić information content (AvgIpc) is 2.37. The number of aromatic hydroxyl groups is 1. The van der Waals surface area contributed by atoms with Crippen molar-refractivity contribution in [3.63, 3.8) is 0 Å². The normalized spacial score (nSPS) is 12.1. The minimum absolute atomic E-state index is 0.203. The van der Waals surface area contributed by atoms with Crippen LogP contribution in [0.2, 0.25) is 0 Å². The lowest BCUT2D eigenvalue weighted by molar-refractivity contribution is -0.145. The lowest BCUT2D eigenvalue weighted by atomic mass is 10.1. The number of phenols is 1. The van der Waals surface area contributed by atoms with Crippen molar-refractivity contribution in [2.75, 3.05) is 6.61 Å². The third-order valence-corrected chi connectivity index (χ3v) is 2.69. The Labute approximate surface area is 108 Å². The lowest BCUT2D eigenvalue weighted by Crippen LogP contribution is -2.34. The number of carbonyl (C=O) groups is 1. The van der Waals surface area contributed by atoms with Gasteiger partial charge in [-0.3, -0.25) is 4.79 Å². The highest BCUT2D eigenvalue weighted by Gasteiger charge is 2.15. The van der Waals surface area contributed by atoms with Gasteiger partial charge < -0.3 is 15.6 Å². The Morgan fingerprint density at radius 2 is 2.00 bits per heavy atom. The van der Waals surface area contributed by atoms with Gasteiger partial charge in [0.2, 0.25) is 0 Å². The molecule has 3 N–H and O–H groups in total. The molecule has 1 aromatic rings. The summed E-state index contributed by atoms with van der Waals surface area (Å²) in [5, 5.41) is 9.14. The number of unbranched alkanes of at least 4 members (excludes halogenated alkanes) is 2. The molecule has 0 fully saturated rings. The first-order valence-electron chi connectivity index (χ1n) is 6.33. The van der Waals surface area contributed by atoms with Crippen molar-refractivity contribution in [1.29, 1.82) is 0 Å². The zero-order valence-electron chi connectivity index (χ0n) is 10.8. The minimum Gasteiger partial charge on any atom is -0.508 e. The van der Waals surface area contributed by atoms with E-state index in [1.165, 1.54) is 0 Å². The second-order valence-corrected chi connectivity index (χ2v) is 4.35. The van der Waals surface area contributed by atoms with Gasteiger partial charge in [-0.05, 0) is 30.5 Å². The number of phenolic OH excluding ortho intramolecular Hbond substituents is 1. The second-order valence-electron chi connectivity index (χ2n) is 4.35. The van der Waals surface area contributed by atoms with Crippen LogP contribution in [0.3, 0.4) is 0 Å². The van der Waals surface area contributed by atoms with E-state index in [9.17, 15) is 4.79 Å². The fraction of sp³-hybridized carbons (Fsp3) is 0.500. The maximum Gasteiger partial charge on any atom is 0.323 e. The molecule has 1 atom stereocenters. The molecular weight excluding hydrogens is 230 g/mol. The highest BCUT2D eigenvalue weighted by atomic mass is 16.5. The van der Waals surface area contributed by atoms with Crippen molar-refractivity contribution < 1.29 is 14.6 Å². The van der Waals surface area contributed by atoms with Gasteiger partial charge in [0.05, 0.1) is 6.61 Å². The molecule has 0 heterocycles. The van der Waals surface area contributed by atoms with Crippen LogP contribution in [0.15, 0.2) is 24.3 Å². The number of nitrogens with two attached hydrogens (primary N) is 1. The number of hydrogen-bond donors (Lipinski definition) is 2. The Bertz CT molecular complexity index is 362. The second kappa shape index (κ2) is 7.71. The summed E-state index contributed by atoms with van der Waals surface area (Å²) in [5.41, 5.74) is 6.67. The summed E-state index contributed by atoms with van der Waals surface area (Å²) in [5.74, 6) is -0.159. The Morgan fingerprint density at radius 3 is 2.61 bits per heavy atom. The highest BCUT2D eigenvalue weighted by molar-refractivity contribution is 5.75. The Morgan fingerprint density at radius 1 is 1.33 bits per heavy atom. The van der Waals surface area contributed by atoms with Gasteiger partial charge in [0.25, 0.3) is 0 Å². The minimum atomic E-state index is -0.642. The van der Waals surface area contributed by atoms with Crippen LogP contribution >= 0.6 is 0 Å². The van der Waals surface area contributed by atoms with Crippen molar-refractivity contribution in [2.24, 2.45) is 5.73 Å². The molecule has 0 amide bonds. The summed E-state index contributed by atoms with van der Waals surface area (Å²) >= 11 is 0. The number of esters is 1. The van der Waals surface area contributed by atoms with E-state index in [1.54, 1.807) is 24.3 Å². The van der Waals surface area contributed by atoms with Gasteiger partial charge in [0, 0.05) is 0 Å². The molecule has 1 rings (SSSR count). The molecule has 0 aromatic heterocycles. The van der Waals surface area contributed by atoms with E-state index in [0.717, 1.165) is 24.8 Å². The number of benzene rings is 1. The van der Waals surface area contributed by atoms with Gasteiger partial charge in [-0.1, -0.05) is 31.9 Å². The van der Waals surface area contributed by atoms with Crippen molar-refractivity contribution in [1.82, 2.24) is 0 Å². The van der Waals surface area contributed by atoms with E-state index in [1.807, 2.05) is 0 Å². The Kier molecular flexibility index (Phi) is 6.22. The van der Waals surface area contributed by atoms with E-state index in [0.29, 0.717) is 13.0 Å². The van der Waals surface area contributed by atoms with Crippen molar-refractivity contribution in [3.8, 4) is 5.75 Å². The van der Waals surface area contributed by atoms with Gasteiger partial charge in [-0.15, -0.1) is 0 Å². The summed E-state index contributed by atoms with van der Waals surface area (Å²) in [6, 6.07) is 6.01. The van der Waals surface area contributed by atoms with Crippen LogP contribution in [0.4, 0.5) is 0 Å². The van der Waals surface area contributed by atoms with E-state index < -0.39 is 6.04 Å². The molecule has 0 spiro atoms. The van der Waals surface area contributed by atoms with Gasteiger partial charge in [-0.25, -0.2) is 0 Å². The molecule has 0 radical (unpaired) electrons. The molecule has 18 heavy (non-hydrogen) atoms. The topological polar surface area (TPSA) is 72.5 Å². The van der Waals surface area contributed by atoms with Crippen molar-refractivity contribution in [2.45, 2.75) is 38.6 Å². The molecule has 0 saturated heterocycles. The zero-order chi connectivity index (χ0) is 13.4. The highest BCUT2D eigenvalue weighted by Crippen LogP contribution is 2.11. The van der Waals surface area contributed by atoms with Gasteiger partial charge in [0.1, 0.15) is 11.8 Å². The third-order valence-electron chi connectivity index (χ3n) is 2.69. The largest absolute Gasteiger partial charge is 0.508 e. The van der Waals surface area contributed by atoms with Crippen LogP contribution in [0.25, 0.3) is 0 Å². The van der Waals surface area contributed by atoms with Crippen LogP contribution in [-0.4, -0.2) is 23.7 Å². The zero-order valence-corrected chi connectivity index (χ0v) is 10.8. The van der Waals surface area contributed by atoms with Crippen molar-refractivity contribution >= 4 is 5.97 Å². The van der Waals surface area contributed by atoms with Gasteiger partial charge in [-0.2, -0.15) is 0 Å². The summed E-state index contributed by atoms with van der Waals surface area (Å²) in [6.07, 6.45) is 3.46. The van der Waals surface area contributed by atoms with Crippen LogP contribution in [0.5, 0.6) is 5.75 Å². The van der Waals surface area contributed by atoms with E-state index in [-0.39, 0.29) is 11.7 Å². The fourth-order valence-electron chi connectivity index (χ4n) is 1.60. The third kappa shape index (κ3) is 5.19. The van der Waals surface area contributed by atoms with E-state index >= 15 is 0 Å². The molecule has 0 saturated carbocycles. The summed E-state index contributed by atoms with van der Waals surface area (Å²) in [4.78, 5) is 11.6. The van der Waals surface area contributed by atoms with Crippen molar-refractivity contribution in [3.05, 3.63) is 29.8 Å². The number of hydrogen-bond acceptors (Lipinski definition) is 4. The van der Waals surface area contributed by atoms with E-state index in [4.69, 9.17) is 15.6 Å². The molecule has 0 aliphatic carbocycles. The Balaban J connectivity index is 2.33. The fourth-order valence-corrected chi connectivity index (χ4v) is 1.60. The molecule has 100 valence electrons. The van der Waals surface area contributed by atoms with Gasteiger partial charge in [0.15, 0.2) is 0 Å². The molecule has 0 aliphatic rings. The molecule has 0 aliphatic heterocycles. The first-order valence-corrected chi connectivity index (χ1v) is 6.33. The van der Waals surface area contributed by atoms with Crippen LogP contribution in [0, 0.1) is 0 Å². The van der Waals surface area contributed by atoms with Crippen LogP contribution < -0.4 is 5.73 Å². The quantitative estimate of drug-likeness (QED) is 0.574. The summed E-state index contributed by atoms with van der Waals surface area (Å²) < 4.78 is 5.09. The summed E-state index contributed by atoms with van der Waals surface area (Å²) in [7, 11) is 0. The monoisotopic (exact) mass is 251 g/mol. The molecule has 4 nitrogen and oxygen atoms in total. The number of carbonyl (C=O) groups excluding carboxylic acids is 1. The standard InChI is InChI=1S/C14H21NO3/c1-2-3-4-9-18-14(17)13(15)10-11-5-7-12(16)8-6-11/h5-8,13,16H,2-4,9-10,15H2,1H3/t13-/m0/s1. The molecular formula is C14H21NO3. The SMILES string of the molecule is CCCCCOC(=O)[C@@H](N)Cc1ccc(O)cc1. The summed E-state index contributed by atoms with van der Waals surface area (Å²) in [6.45, 7) is 2.54. The molecule has 0 unspecified atom stereocenters. The first kappa shape index (κ1) is 14.5. The van der Waals surface area contributed by atoms with Crippen LogP contribution in [-0.2, 0) is 16.0 Å². The number of ether oxygens (including phenoxy) is 1. The smallest absolute Gasteiger partial charge is 0.323 e. The molecule has 0 bridgehead atoms. The lowest BCUT2D eigenvalue weighted by Gasteiger charge is -2.11. The first-order chi connectivity index (χ1) is 8.63. The predicted molar refractivity (Wildman–Crippen MR) is 70.3 cm³/mol. The average molecular weight is 251 g/mol. The maximum absolute atomic E-state index is 11.6. The molecule has 1 aromatic carbocycles. The predicted octanol–water partition coefficient (Wildman–Crippen LogP) is 2.00.